The Kier molecular flexibility index (Phi) is 5.73. The van der Waals surface area contributed by atoms with E-state index in [1.165, 1.54) is 14.1 Å². The second-order valence-electron chi connectivity index (χ2n) is 7.19. The second-order valence-corrected chi connectivity index (χ2v) is 7.19. The van der Waals surface area contributed by atoms with Crippen LogP contribution in [-0.2, 0) is 21.0 Å². The molecule has 11 heteroatoms. The molecule has 3 aromatic rings. The van der Waals surface area contributed by atoms with Crippen LogP contribution < -0.4 is 21.4 Å². The van der Waals surface area contributed by atoms with Crippen LogP contribution in [0.2, 0.25) is 0 Å². The fourth-order valence-electron chi connectivity index (χ4n) is 3.57. The van der Waals surface area contributed by atoms with E-state index < -0.39 is 11.5 Å². The van der Waals surface area contributed by atoms with Crippen LogP contribution in [-0.4, -0.2) is 51.3 Å². The van der Waals surface area contributed by atoms with E-state index >= 15 is 0 Å². The molecule has 11 nitrogen and oxygen atoms in total. The maximum Gasteiger partial charge on any atom is 0.259 e. The van der Waals surface area contributed by atoms with E-state index in [4.69, 9.17) is 4.84 Å². The van der Waals surface area contributed by atoms with Crippen molar-refractivity contribution in [3.05, 3.63) is 48.6 Å². The SMILES string of the molecule is CCn1ncc2c(Nc3ccncc3)c(C3=CC(CC(=O)NC)(C(=O)NC)ON3)cnc21. The van der Waals surface area contributed by atoms with Gasteiger partial charge in [-0.05, 0) is 25.1 Å². The highest BCUT2D eigenvalue weighted by molar-refractivity contribution is 6.00. The summed E-state index contributed by atoms with van der Waals surface area (Å²) in [5.74, 6) is -0.777. The molecule has 166 valence electrons. The highest BCUT2D eigenvalue weighted by Gasteiger charge is 2.44. The van der Waals surface area contributed by atoms with Gasteiger partial charge in [-0.3, -0.25) is 24.9 Å². The summed E-state index contributed by atoms with van der Waals surface area (Å²) >= 11 is 0. The number of rotatable bonds is 7. The fourth-order valence-corrected chi connectivity index (χ4v) is 3.57. The number of carbonyl (C=O) groups excluding carboxylic acids is 2. The average molecular weight is 436 g/mol. The molecule has 0 radical (unpaired) electrons. The van der Waals surface area contributed by atoms with Gasteiger partial charge in [-0.1, -0.05) is 0 Å². The molecule has 0 saturated carbocycles. The minimum absolute atomic E-state index is 0.184. The number of aryl methyl sites for hydroxylation is 1. The summed E-state index contributed by atoms with van der Waals surface area (Å²) in [7, 11) is 3.00. The van der Waals surface area contributed by atoms with Crippen LogP contribution in [0.1, 0.15) is 18.9 Å². The van der Waals surface area contributed by atoms with E-state index in [-0.39, 0.29) is 12.3 Å². The van der Waals surface area contributed by atoms with Crippen molar-refractivity contribution in [1.29, 1.82) is 0 Å². The predicted octanol–water partition coefficient (Wildman–Crippen LogP) is 1.09. The molecule has 1 aliphatic heterocycles. The van der Waals surface area contributed by atoms with Crippen molar-refractivity contribution >= 4 is 39.9 Å². The summed E-state index contributed by atoms with van der Waals surface area (Å²) in [5, 5.41) is 13.7. The molecule has 0 aliphatic carbocycles. The summed E-state index contributed by atoms with van der Waals surface area (Å²) in [5.41, 5.74) is 4.76. The first-order valence-corrected chi connectivity index (χ1v) is 10.1. The zero-order valence-corrected chi connectivity index (χ0v) is 18.0. The normalized spacial score (nSPS) is 17.5. The minimum Gasteiger partial charge on any atom is -0.359 e. The van der Waals surface area contributed by atoms with Crippen LogP contribution in [0.25, 0.3) is 16.7 Å². The third-order valence-electron chi connectivity index (χ3n) is 5.24. The smallest absolute Gasteiger partial charge is 0.259 e. The molecular weight excluding hydrogens is 412 g/mol. The number of nitrogens with zero attached hydrogens (tertiary/aromatic N) is 4. The number of nitrogens with one attached hydrogen (secondary N) is 4. The number of likely N-dealkylation sites (N-methyl/N-ethyl adjacent to an activating group) is 1. The van der Waals surface area contributed by atoms with Crippen LogP contribution >= 0.6 is 0 Å². The molecule has 4 N–H and O–H groups in total. The maximum atomic E-state index is 12.6. The summed E-state index contributed by atoms with van der Waals surface area (Å²) in [6.45, 7) is 2.66. The van der Waals surface area contributed by atoms with Crippen molar-refractivity contribution in [2.45, 2.75) is 25.5 Å². The predicted molar refractivity (Wildman–Crippen MR) is 118 cm³/mol. The van der Waals surface area contributed by atoms with Gasteiger partial charge in [0.15, 0.2) is 5.65 Å². The number of hydrogen-bond donors (Lipinski definition) is 4. The molecule has 4 rings (SSSR count). The fraction of sp³-hybridized carbons (Fsp3) is 0.286. The largest absolute Gasteiger partial charge is 0.359 e. The second kappa shape index (κ2) is 8.63. The number of hydroxylamine groups is 1. The van der Waals surface area contributed by atoms with Crippen LogP contribution in [0.3, 0.4) is 0 Å². The van der Waals surface area contributed by atoms with Gasteiger partial charge in [0.05, 0.1) is 29.4 Å². The van der Waals surface area contributed by atoms with Gasteiger partial charge in [0.2, 0.25) is 11.5 Å². The van der Waals surface area contributed by atoms with E-state index in [9.17, 15) is 9.59 Å². The molecule has 3 aromatic heterocycles. The standard InChI is InChI=1S/C21H24N8O3/c1-4-29-19-15(12-26-29)18(27-13-5-7-24-8-6-13)14(11-25-19)16-9-21(32-28-16,20(31)23-3)10-17(30)22-2/h5-9,11-12,28H,4,10H2,1-3H3,(H,22,30)(H,23,31)(H,24,25,27). The van der Waals surface area contributed by atoms with Crippen molar-refractivity contribution in [3.8, 4) is 0 Å². The Morgan fingerprint density at radius 2 is 1.97 bits per heavy atom. The summed E-state index contributed by atoms with van der Waals surface area (Å²) in [6.07, 6.45) is 8.22. The van der Waals surface area contributed by atoms with E-state index in [0.717, 1.165) is 22.4 Å². The molecule has 0 spiro atoms. The molecule has 0 aromatic carbocycles. The molecule has 1 atom stereocenters. The van der Waals surface area contributed by atoms with Gasteiger partial charge < -0.3 is 16.0 Å². The van der Waals surface area contributed by atoms with Gasteiger partial charge in [0, 0.05) is 50.5 Å². The first-order valence-electron chi connectivity index (χ1n) is 10.1. The van der Waals surface area contributed by atoms with E-state index in [2.05, 4.69) is 36.5 Å². The average Bonchev–Trinajstić information content (AvgIpc) is 3.44. The number of fused-ring (bicyclic) bond motifs is 1. The van der Waals surface area contributed by atoms with Crippen molar-refractivity contribution in [2.24, 2.45) is 0 Å². The third-order valence-corrected chi connectivity index (χ3v) is 5.24. The lowest BCUT2D eigenvalue weighted by atomic mass is 9.95. The maximum absolute atomic E-state index is 12.6. The Morgan fingerprint density at radius 3 is 2.66 bits per heavy atom. The summed E-state index contributed by atoms with van der Waals surface area (Å²) < 4.78 is 1.80. The number of pyridine rings is 2. The number of anilines is 2. The van der Waals surface area contributed by atoms with Crippen LogP contribution in [0.15, 0.2) is 43.0 Å². The molecule has 4 heterocycles. The van der Waals surface area contributed by atoms with E-state index in [1.807, 2.05) is 19.1 Å². The van der Waals surface area contributed by atoms with Gasteiger partial charge in [0.25, 0.3) is 5.91 Å². The third kappa shape index (κ3) is 3.73. The summed E-state index contributed by atoms with van der Waals surface area (Å²) in [6, 6.07) is 3.68. The van der Waals surface area contributed by atoms with Gasteiger partial charge in [-0.15, -0.1) is 0 Å². The Morgan fingerprint density at radius 1 is 1.19 bits per heavy atom. The number of aromatic nitrogens is 4. The van der Waals surface area contributed by atoms with Gasteiger partial charge >= 0.3 is 0 Å². The van der Waals surface area contributed by atoms with E-state index in [1.54, 1.807) is 35.5 Å². The zero-order valence-electron chi connectivity index (χ0n) is 18.0. The minimum atomic E-state index is -1.50. The molecular formula is C21H24N8O3. The molecule has 1 unspecified atom stereocenters. The highest BCUT2D eigenvalue weighted by Crippen LogP contribution is 2.36. The van der Waals surface area contributed by atoms with Crippen LogP contribution in [0.4, 0.5) is 11.4 Å². The lowest BCUT2D eigenvalue weighted by Crippen LogP contribution is -2.48. The number of carbonyl (C=O) groups is 2. The van der Waals surface area contributed by atoms with Gasteiger partial charge in [-0.2, -0.15) is 5.10 Å². The molecule has 0 saturated heterocycles. The Balaban J connectivity index is 1.84. The van der Waals surface area contributed by atoms with Gasteiger partial charge in [0.1, 0.15) is 0 Å². The number of hydrogen-bond acceptors (Lipinski definition) is 8. The summed E-state index contributed by atoms with van der Waals surface area (Å²) in [4.78, 5) is 39.0. The van der Waals surface area contributed by atoms with Crippen molar-refractivity contribution in [2.75, 3.05) is 19.4 Å². The first-order chi connectivity index (χ1) is 15.5. The molecule has 1 aliphatic rings. The quantitative estimate of drug-likeness (QED) is 0.432. The Labute approximate surface area is 184 Å². The van der Waals surface area contributed by atoms with E-state index in [0.29, 0.717) is 17.8 Å². The van der Waals surface area contributed by atoms with Crippen LogP contribution in [0, 0.1) is 0 Å². The first kappa shape index (κ1) is 21.2. The Hall–Kier alpha value is -3.99. The van der Waals surface area contributed by atoms with Gasteiger partial charge in [-0.25, -0.2) is 9.67 Å². The topological polar surface area (TPSA) is 135 Å². The lowest BCUT2D eigenvalue weighted by Gasteiger charge is -2.22. The molecule has 32 heavy (non-hydrogen) atoms. The van der Waals surface area contributed by atoms with Crippen molar-refractivity contribution < 1.29 is 14.4 Å². The lowest BCUT2D eigenvalue weighted by molar-refractivity contribution is -0.148. The zero-order chi connectivity index (χ0) is 22.7. The molecule has 0 fully saturated rings. The highest BCUT2D eigenvalue weighted by atomic mass is 16.7. The monoisotopic (exact) mass is 436 g/mol. The molecule has 0 bridgehead atoms. The number of amides is 2. The Bertz CT molecular complexity index is 1190. The molecule has 2 amide bonds. The van der Waals surface area contributed by atoms with Crippen molar-refractivity contribution in [3.63, 3.8) is 0 Å². The van der Waals surface area contributed by atoms with Crippen molar-refractivity contribution in [1.82, 2.24) is 35.9 Å². The van der Waals surface area contributed by atoms with Crippen LogP contribution in [0.5, 0.6) is 0 Å².